The third-order valence-corrected chi connectivity index (χ3v) is 5.05. The van der Waals surface area contributed by atoms with Crippen LogP contribution in [0.4, 0.5) is 11.4 Å². The number of carbonyl (C=O) groups excluding carboxylic acids is 2. The van der Waals surface area contributed by atoms with Gasteiger partial charge in [0.2, 0.25) is 11.8 Å². The zero-order valence-electron chi connectivity index (χ0n) is 15.2. The molecular weight excluding hydrogens is 338 g/mol. The molecule has 1 aliphatic rings. The molecule has 1 N–H and O–H groups in total. The molecule has 1 atom stereocenters. The quantitative estimate of drug-likeness (QED) is 0.771. The molecule has 0 spiro atoms. The zero-order valence-corrected chi connectivity index (χ0v) is 15.2. The predicted molar refractivity (Wildman–Crippen MR) is 107 cm³/mol. The van der Waals surface area contributed by atoms with Crippen molar-refractivity contribution in [2.75, 3.05) is 16.8 Å². The number of benzene rings is 2. The molecule has 2 aromatic carbocycles. The first-order valence-electron chi connectivity index (χ1n) is 9.20. The molecule has 136 valence electrons. The molecular formula is C22H21N3O2. The number of amides is 2. The fourth-order valence-electron chi connectivity index (χ4n) is 3.63. The van der Waals surface area contributed by atoms with E-state index in [0.717, 1.165) is 28.6 Å². The summed E-state index contributed by atoms with van der Waals surface area (Å²) in [5, 5.41) is 3.94. The first kappa shape index (κ1) is 17.2. The highest BCUT2D eigenvalue weighted by molar-refractivity contribution is 6.06. The highest BCUT2D eigenvalue weighted by Gasteiger charge is 2.35. The maximum absolute atomic E-state index is 12.8. The average Bonchev–Trinajstić information content (AvgIpc) is 3.10. The van der Waals surface area contributed by atoms with Gasteiger partial charge < -0.3 is 10.2 Å². The van der Waals surface area contributed by atoms with E-state index in [1.165, 1.54) is 0 Å². The van der Waals surface area contributed by atoms with Gasteiger partial charge in [-0.05, 0) is 30.2 Å². The number of aromatic nitrogens is 1. The smallest absolute Gasteiger partial charge is 0.229 e. The van der Waals surface area contributed by atoms with Gasteiger partial charge in [0.05, 0.1) is 17.1 Å². The summed E-state index contributed by atoms with van der Waals surface area (Å²) in [6.07, 6.45) is 2.78. The van der Waals surface area contributed by atoms with Crippen molar-refractivity contribution < 1.29 is 9.59 Å². The van der Waals surface area contributed by atoms with Crippen LogP contribution in [0.1, 0.15) is 18.9 Å². The van der Waals surface area contributed by atoms with Crippen molar-refractivity contribution in [3.8, 4) is 0 Å². The third-order valence-electron chi connectivity index (χ3n) is 5.05. The average molecular weight is 359 g/mol. The number of hydrogen-bond donors (Lipinski definition) is 1. The number of rotatable bonds is 4. The molecule has 2 amide bonds. The summed E-state index contributed by atoms with van der Waals surface area (Å²) in [4.78, 5) is 31.5. The summed E-state index contributed by atoms with van der Waals surface area (Å²) in [5.74, 6) is -0.522. The Kier molecular flexibility index (Phi) is 4.59. The third kappa shape index (κ3) is 3.28. The summed E-state index contributed by atoms with van der Waals surface area (Å²) in [6.45, 7) is 2.47. The molecule has 1 unspecified atom stereocenters. The van der Waals surface area contributed by atoms with Crippen LogP contribution in [0, 0.1) is 5.92 Å². The minimum absolute atomic E-state index is 0.00732. The lowest BCUT2D eigenvalue weighted by molar-refractivity contribution is -0.122. The highest BCUT2D eigenvalue weighted by atomic mass is 16.2. The molecule has 5 heteroatoms. The second-order valence-corrected chi connectivity index (χ2v) is 6.76. The monoisotopic (exact) mass is 359 g/mol. The van der Waals surface area contributed by atoms with Gasteiger partial charge in [0.15, 0.2) is 0 Å². The molecule has 1 saturated heterocycles. The van der Waals surface area contributed by atoms with Gasteiger partial charge in [-0.25, -0.2) is 0 Å². The van der Waals surface area contributed by atoms with Gasteiger partial charge in [0.25, 0.3) is 0 Å². The topological polar surface area (TPSA) is 62.3 Å². The van der Waals surface area contributed by atoms with Crippen molar-refractivity contribution in [2.45, 2.75) is 19.8 Å². The molecule has 1 aromatic heterocycles. The molecule has 0 bridgehead atoms. The van der Waals surface area contributed by atoms with Crippen LogP contribution < -0.4 is 10.2 Å². The molecule has 5 nitrogen and oxygen atoms in total. The molecule has 0 saturated carbocycles. The number of aryl methyl sites for hydroxylation is 1. The Morgan fingerprint density at radius 1 is 1.15 bits per heavy atom. The molecule has 0 aliphatic carbocycles. The van der Waals surface area contributed by atoms with Crippen LogP contribution in [-0.2, 0) is 16.0 Å². The molecule has 1 aliphatic heterocycles. The molecule has 4 rings (SSSR count). The number of nitrogens with one attached hydrogen (secondary N) is 1. The predicted octanol–water partition coefficient (Wildman–Crippen LogP) is 3.79. The van der Waals surface area contributed by atoms with Crippen LogP contribution in [0.5, 0.6) is 0 Å². The largest absolute Gasteiger partial charge is 0.324 e. The van der Waals surface area contributed by atoms with Crippen LogP contribution in [0.25, 0.3) is 10.9 Å². The minimum atomic E-state index is -0.374. The van der Waals surface area contributed by atoms with E-state index in [1.807, 2.05) is 54.6 Å². The lowest BCUT2D eigenvalue weighted by Gasteiger charge is -2.20. The van der Waals surface area contributed by atoms with Crippen LogP contribution >= 0.6 is 0 Å². The Bertz CT molecular complexity index is 1010. The molecule has 27 heavy (non-hydrogen) atoms. The lowest BCUT2D eigenvalue weighted by atomic mass is 10.1. The normalized spacial score (nSPS) is 16.7. The summed E-state index contributed by atoms with van der Waals surface area (Å²) in [5.41, 5.74) is 3.46. The second-order valence-electron chi connectivity index (χ2n) is 6.76. The maximum Gasteiger partial charge on any atom is 0.229 e. The van der Waals surface area contributed by atoms with Crippen molar-refractivity contribution in [1.29, 1.82) is 0 Å². The summed E-state index contributed by atoms with van der Waals surface area (Å²) >= 11 is 0. The number of fused-ring (bicyclic) bond motifs is 1. The van der Waals surface area contributed by atoms with Gasteiger partial charge in [-0.15, -0.1) is 0 Å². The standard InChI is InChI=1S/C22H21N3O2/c1-2-15-7-3-4-11-19(15)25-14-17(13-20(25)26)22(27)24-18-10-5-8-16-9-6-12-23-21(16)18/h3-12,17H,2,13-14H2,1H3,(H,24,27). The van der Waals surface area contributed by atoms with E-state index in [4.69, 9.17) is 0 Å². The zero-order chi connectivity index (χ0) is 18.8. The second kappa shape index (κ2) is 7.19. The van der Waals surface area contributed by atoms with E-state index in [2.05, 4.69) is 17.2 Å². The van der Waals surface area contributed by atoms with E-state index in [-0.39, 0.29) is 24.2 Å². The van der Waals surface area contributed by atoms with Gasteiger partial charge in [0, 0.05) is 30.2 Å². The molecule has 1 fully saturated rings. The first-order chi connectivity index (χ1) is 13.2. The van der Waals surface area contributed by atoms with Crippen molar-refractivity contribution in [1.82, 2.24) is 4.98 Å². The van der Waals surface area contributed by atoms with Gasteiger partial charge in [-0.2, -0.15) is 0 Å². The number of carbonyl (C=O) groups is 2. The van der Waals surface area contributed by atoms with Gasteiger partial charge in [-0.1, -0.05) is 43.3 Å². The van der Waals surface area contributed by atoms with Crippen molar-refractivity contribution in [2.24, 2.45) is 5.92 Å². The Labute approximate surface area is 158 Å². The molecule has 2 heterocycles. The Morgan fingerprint density at radius 2 is 1.96 bits per heavy atom. The van der Waals surface area contributed by atoms with Crippen molar-refractivity contribution >= 4 is 34.1 Å². The Balaban J connectivity index is 1.54. The van der Waals surface area contributed by atoms with E-state index in [0.29, 0.717) is 12.2 Å². The summed E-state index contributed by atoms with van der Waals surface area (Å²) in [7, 11) is 0. The highest BCUT2D eigenvalue weighted by Crippen LogP contribution is 2.29. The number of pyridine rings is 1. The van der Waals surface area contributed by atoms with E-state index in [9.17, 15) is 9.59 Å². The van der Waals surface area contributed by atoms with Crippen LogP contribution in [0.2, 0.25) is 0 Å². The summed E-state index contributed by atoms with van der Waals surface area (Å²) < 4.78 is 0. The van der Waals surface area contributed by atoms with Crippen LogP contribution in [0.15, 0.2) is 60.8 Å². The molecule has 3 aromatic rings. The van der Waals surface area contributed by atoms with Gasteiger partial charge >= 0.3 is 0 Å². The van der Waals surface area contributed by atoms with Crippen LogP contribution in [0.3, 0.4) is 0 Å². The van der Waals surface area contributed by atoms with Crippen molar-refractivity contribution in [3.05, 3.63) is 66.4 Å². The SMILES string of the molecule is CCc1ccccc1N1CC(C(=O)Nc2cccc3cccnc23)CC1=O. The number of para-hydroxylation sites is 2. The molecule has 0 radical (unpaired) electrons. The number of hydrogen-bond acceptors (Lipinski definition) is 3. The fourth-order valence-corrected chi connectivity index (χ4v) is 3.63. The first-order valence-corrected chi connectivity index (χ1v) is 9.20. The summed E-state index contributed by atoms with van der Waals surface area (Å²) in [6, 6.07) is 17.4. The number of nitrogens with zero attached hydrogens (tertiary/aromatic N) is 2. The van der Waals surface area contributed by atoms with Gasteiger partial charge in [0.1, 0.15) is 0 Å². The number of anilines is 2. The Morgan fingerprint density at radius 3 is 2.81 bits per heavy atom. The maximum atomic E-state index is 12.8. The van der Waals surface area contributed by atoms with Crippen molar-refractivity contribution in [3.63, 3.8) is 0 Å². The lowest BCUT2D eigenvalue weighted by Crippen LogP contribution is -2.28. The van der Waals surface area contributed by atoms with Crippen LogP contribution in [-0.4, -0.2) is 23.3 Å². The fraction of sp³-hybridized carbons (Fsp3) is 0.227. The Hall–Kier alpha value is -3.21. The van der Waals surface area contributed by atoms with E-state index < -0.39 is 0 Å². The minimum Gasteiger partial charge on any atom is -0.324 e. The van der Waals surface area contributed by atoms with Gasteiger partial charge in [-0.3, -0.25) is 14.6 Å². The van der Waals surface area contributed by atoms with E-state index in [1.54, 1.807) is 11.1 Å². The van der Waals surface area contributed by atoms with E-state index >= 15 is 0 Å².